The van der Waals surface area contributed by atoms with Gasteiger partial charge >= 0.3 is 0 Å². The highest BCUT2D eigenvalue weighted by Crippen LogP contribution is 2.29. The van der Waals surface area contributed by atoms with E-state index in [4.69, 9.17) is 10.5 Å². The van der Waals surface area contributed by atoms with Gasteiger partial charge in [0.2, 0.25) is 15.9 Å². The summed E-state index contributed by atoms with van der Waals surface area (Å²) in [5, 5.41) is 2.68. The van der Waals surface area contributed by atoms with E-state index < -0.39 is 22.0 Å². The van der Waals surface area contributed by atoms with E-state index in [0.717, 1.165) is 18.4 Å². The van der Waals surface area contributed by atoms with Gasteiger partial charge < -0.3 is 15.8 Å². The second kappa shape index (κ2) is 9.38. The third-order valence-electron chi connectivity index (χ3n) is 4.27. The van der Waals surface area contributed by atoms with Crippen LogP contribution in [0, 0.1) is 0 Å². The molecule has 1 amide bonds. The highest BCUT2D eigenvalue weighted by Gasteiger charge is 2.28. The molecule has 0 aliphatic heterocycles. The van der Waals surface area contributed by atoms with Crippen LogP contribution < -0.4 is 20.5 Å². The maximum atomic E-state index is 12.5. The second-order valence-corrected chi connectivity index (χ2v) is 8.26. The summed E-state index contributed by atoms with van der Waals surface area (Å²) < 4.78 is 32.7. The van der Waals surface area contributed by atoms with E-state index in [-0.39, 0.29) is 29.0 Å². The Labute approximate surface area is 171 Å². The molecule has 152 valence electrons. The van der Waals surface area contributed by atoms with Gasteiger partial charge in [0.25, 0.3) is 0 Å². The number of carbonyl (C=O) groups excluding carboxylic acids is 1. The third-order valence-corrected chi connectivity index (χ3v) is 5.79. The lowest BCUT2D eigenvalue weighted by Gasteiger charge is -2.16. The average Bonchev–Trinajstić information content (AvgIpc) is 3.45. The van der Waals surface area contributed by atoms with Crippen molar-refractivity contribution in [1.82, 2.24) is 4.72 Å². The average molecular weight is 426 g/mol. The van der Waals surface area contributed by atoms with Crippen molar-refractivity contribution in [3.63, 3.8) is 0 Å². The Morgan fingerprint density at radius 2 is 1.89 bits per heavy atom. The third kappa shape index (κ3) is 5.68. The maximum Gasteiger partial charge on any atom is 0.241 e. The standard InChI is InChI=1S/C19H23N3O4S.ClH/c1-26-18-10-9-15(27(24,25)22-14-7-8-14)12-17(18)21-19(23)16(20)11-13-5-3-2-4-6-13;/h2-6,9-10,12,14,16,22H,7-8,11,20H2,1H3,(H,21,23);1H/t16-;/m0./s1. The molecule has 28 heavy (non-hydrogen) atoms. The molecule has 0 saturated heterocycles. The zero-order valence-corrected chi connectivity index (χ0v) is 17.1. The zero-order chi connectivity index (χ0) is 19.4. The quantitative estimate of drug-likeness (QED) is 0.599. The number of sulfonamides is 1. The molecule has 1 atom stereocenters. The normalized spacial score (nSPS) is 14.6. The Balaban J connectivity index is 0.00000280. The summed E-state index contributed by atoms with van der Waals surface area (Å²) in [6.45, 7) is 0. The van der Waals surface area contributed by atoms with Crippen LogP contribution in [0.4, 0.5) is 5.69 Å². The molecule has 9 heteroatoms. The largest absolute Gasteiger partial charge is 0.495 e. The molecule has 0 spiro atoms. The van der Waals surface area contributed by atoms with Crippen LogP contribution in [0.15, 0.2) is 53.4 Å². The van der Waals surface area contributed by atoms with E-state index in [2.05, 4.69) is 10.0 Å². The monoisotopic (exact) mass is 425 g/mol. The lowest BCUT2D eigenvalue weighted by molar-refractivity contribution is -0.117. The molecule has 2 aromatic carbocycles. The minimum atomic E-state index is -3.64. The van der Waals surface area contributed by atoms with Gasteiger partial charge in [-0.2, -0.15) is 0 Å². The second-order valence-electron chi connectivity index (χ2n) is 6.54. The Bertz CT molecular complexity index is 918. The first-order valence-corrected chi connectivity index (χ1v) is 10.2. The summed E-state index contributed by atoms with van der Waals surface area (Å²) in [5.74, 6) is -0.0533. The zero-order valence-electron chi connectivity index (χ0n) is 15.4. The van der Waals surface area contributed by atoms with Crippen molar-refractivity contribution in [1.29, 1.82) is 0 Å². The smallest absolute Gasteiger partial charge is 0.241 e. The highest BCUT2D eigenvalue weighted by molar-refractivity contribution is 7.89. The summed E-state index contributed by atoms with van der Waals surface area (Å²) in [6, 6.07) is 13.0. The van der Waals surface area contributed by atoms with Crippen LogP contribution in [0.5, 0.6) is 5.75 Å². The fourth-order valence-corrected chi connectivity index (χ4v) is 3.96. The van der Waals surface area contributed by atoms with Gasteiger partial charge in [0.05, 0.1) is 23.7 Å². The number of halogens is 1. The molecule has 7 nitrogen and oxygen atoms in total. The molecule has 4 N–H and O–H groups in total. The van der Waals surface area contributed by atoms with Gasteiger partial charge in [-0.3, -0.25) is 4.79 Å². The van der Waals surface area contributed by atoms with Crippen LogP contribution in [0.3, 0.4) is 0 Å². The number of carbonyl (C=O) groups is 1. The number of anilines is 1. The molecule has 1 aliphatic rings. The van der Waals surface area contributed by atoms with Gasteiger partial charge in [-0.1, -0.05) is 30.3 Å². The molecule has 0 aromatic heterocycles. The molecule has 1 saturated carbocycles. The fraction of sp³-hybridized carbons (Fsp3) is 0.316. The molecule has 2 aromatic rings. The first kappa shape index (κ1) is 22.2. The van der Waals surface area contributed by atoms with E-state index in [1.165, 1.54) is 25.3 Å². The summed E-state index contributed by atoms with van der Waals surface area (Å²) >= 11 is 0. The van der Waals surface area contributed by atoms with E-state index in [0.29, 0.717) is 12.2 Å². The predicted molar refractivity (Wildman–Crippen MR) is 110 cm³/mol. The number of amides is 1. The van der Waals surface area contributed by atoms with Crippen molar-refractivity contribution in [3.05, 3.63) is 54.1 Å². The summed E-state index contributed by atoms with van der Waals surface area (Å²) in [4.78, 5) is 12.5. The van der Waals surface area contributed by atoms with Gasteiger partial charge in [0.1, 0.15) is 5.75 Å². The van der Waals surface area contributed by atoms with Crippen LogP contribution in [-0.4, -0.2) is 33.5 Å². The van der Waals surface area contributed by atoms with E-state index in [9.17, 15) is 13.2 Å². The van der Waals surface area contributed by atoms with Gasteiger partial charge in [-0.15, -0.1) is 12.4 Å². The van der Waals surface area contributed by atoms with Gasteiger partial charge in [-0.25, -0.2) is 13.1 Å². The highest BCUT2D eigenvalue weighted by atomic mass is 35.5. The van der Waals surface area contributed by atoms with Crippen LogP contribution in [0.2, 0.25) is 0 Å². The summed E-state index contributed by atoms with van der Waals surface area (Å²) in [6.07, 6.45) is 2.05. The van der Waals surface area contributed by atoms with E-state index in [1.54, 1.807) is 0 Å². The number of nitrogens with one attached hydrogen (secondary N) is 2. The Kier molecular flexibility index (Phi) is 7.42. The first-order chi connectivity index (χ1) is 12.9. The Morgan fingerprint density at radius 3 is 2.50 bits per heavy atom. The number of rotatable bonds is 8. The maximum absolute atomic E-state index is 12.5. The Hall–Kier alpha value is -2.13. The molecule has 0 radical (unpaired) electrons. The minimum absolute atomic E-state index is 0. The van der Waals surface area contributed by atoms with Crippen molar-refractivity contribution in [2.75, 3.05) is 12.4 Å². The SMILES string of the molecule is COc1ccc(S(=O)(=O)NC2CC2)cc1NC(=O)[C@@H](N)Cc1ccccc1.Cl. The van der Waals surface area contributed by atoms with Gasteiger partial charge in [0.15, 0.2) is 0 Å². The molecular formula is C19H24ClN3O4S. The molecule has 0 bridgehead atoms. The fourth-order valence-electron chi connectivity index (χ4n) is 2.63. The number of hydrogen-bond acceptors (Lipinski definition) is 5. The lowest BCUT2D eigenvalue weighted by Crippen LogP contribution is -2.37. The van der Waals surface area contributed by atoms with Gasteiger partial charge in [-0.05, 0) is 43.0 Å². The number of hydrogen-bond donors (Lipinski definition) is 3. The van der Waals surface area contributed by atoms with Crippen LogP contribution >= 0.6 is 12.4 Å². The molecule has 0 unspecified atom stereocenters. The molecular weight excluding hydrogens is 402 g/mol. The van der Waals surface area contributed by atoms with Crippen LogP contribution in [-0.2, 0) is 21.2 Å². The van der Waals surface area contributed by atoms with Crippen molar-refractivity contribution in [2.45, 2.75) is 36.2 Å². The summed E-state index contributed by atoms with van der Waals surface area (Å²) in [5.41, 5.74) is 7.21. The van der Waals surface area contributed by atoms with E-state index in [1.807, 2.05) is 30.3 Å². The molecule has 0 heterocycles. The summed E-state index contributed by atoms with van der Waals surface area (Å²) in [7, 11) is -2.19. The van der Waals surface area contributed by atoms with Crippen molar-refractivity contribution in [2.24, 2.45) is 5.73 Å². The first-order valence-electron chi connectivity index (χ1n) is 8.70. The number of ether oxygens (including phenoxy) is 1. The molecule has 1 fully saturated rings. The van der Waals surface area contributed by atoms with Crippen LogP contribution in [0.1, 0.15) is 18.4 Å². The minimum Gasteiger partial charge on any atom is -0.495 e. The number of benzene rings is 2. The van der Waals surface area contributed by atoms with Crippen molar-refractivity contribution < 1.29 is 17.9 Å². The number of methoxy groups -OCH3 is 1. The Morgan fingerprint density at radius 1 is 1.21 bits per heavy atom. The lowest BCUT2D eigenvalue weighted by atomic mass is 10.1. The topological polar surface area (TPSA) is 111 Å². The van der Waals surface area contributed by atoms with Crippen molar-refractivity contribution in [3.8, 4) is 5.75 Å². The molecule has 1 aliphatic carbocycles. The number of nitrogens with two attached hydrogens (primary N) is 1. The van der Waals surface area contributed by atoms with E-state index >= 15 is 0 Å². The predicted octanol–water partition coefficient (Wildman–Crippen LogP) is 2.07. The van der Waals surface area contributed by atoms with Crippen molar-refractivity contribution >= 4 is 34.0 Å². The van der Waals surface area contributed by atoms with Gasteiger partial charge in [0, 0.05) is 6.04 Å². The van der Waals surface area contributed by atoms with Crippen LogP contribution in [0.25, 0.3) is 0 Å². The molecule has 3 rings (SSSR count).